The monoisotopic (exact) mass is 254 g/mol. The average Bonchev–Trinajstić information content (AvgIpc) is 2.49. The SMILES string of the molecule is CCNC1C[C@H]2CC[C@H](C1)N2C(=O)OC(C)(C)C. The summed E-state index contributed by atoms with van der Waals surface area (Å²) < 4.78 is 5.52. The topological polar surface area (TPSA) is 41.6 Å². The van der Waals surface area contributed by atoms with Crippen LogP contribution in [0.15, 0.2) is 0 Å². The van der Waals surface area contributed by atoms with Crippen molar-refractivity contribution in [3.05, 3.63) is 0 Å². The maximum Gasteiger partial charge on any atom is 0.410 e. The van der Waals surface area contributed by atoms with Crippen LogP contribution in [0, 0.1) is 0 Å². The minimum atomic E-state index is -0.394. The van der Waals surface area contributed by atoms with Crippen LogP contribution in [-0.4, -0.2) is 41.3 Å². The molecule has 2 bridgehead atoms. The Kier molecular flexibility index (Phi) is 3.85. The van der Waals surface area contributed by atoms with Crippen molar-refractivity contribution < 1.29 is 9.53 Å². The van der Waals surface area contributed by atoms with Gasteiger partial charge in [0.05, 0.1) is 0 Å². The Labute approximate surface area is 110 Å². The zero-order chi connectivity index (χ0) is 13.3. The van der Waals surface area contributed by atoms with E-state index in [1.165, 1.54) is 0 Å². The first-order chi connectivity index (χ1) is 8.40. The molecule has 0 aromatic carbocycles. The number of hydrogen-bond donors (Lipinski definition) is 1. The highest BCUT2D eigenvalue weighted by Gasteiger charge is 2.44. The van der Waals surface area contributed by atoms with Gasteiger partial charge in [0.1, 0.15) is 5.60 Å². The number of ether oxygens (including phenoxy) is 1. The summed E-state index contributed by atoms with van der Waals surface area (Å²) in [5.74, 6) is 0. The Hall–Kier alpha value is -0.770. The summed E-state index contributed by atoms with van der Waals surface area (Å²) in [6.07, 6.45) is 4.29. The second-order valence-electron chi connectivity index (χ2n) is 6.50. The summed E-state index contributed by atoms with van der Waals surface area (Å²) in [5.41, 5.74) is -0.394. The lowest BCUT2D eigenvalue weighted by molar-refractivity contribution is 0.00482. The maximum atomic E-state index is 12.2. The first-order valence-corrected chi connectivity index (χ1v) is 7.15. The van der Waals surface area contributed by atoms with Crippen molar-refractivity contribution in [1.82, 2.24) is 10.2 Å². The van der Waals surface area contributed by atoms with Gasteiger partial charge in [-0.3, -0.25) is 0 Å². The van der Waals surface area contributed by atoms with Crippen LogP contribution in [0.5, 0.6) is 0 Å². The van der Waals surface area contributed by atoms with Gasteiger partial charge in [-0.2, -0.15) is 0 Å². The number of fused-ring (bicyclic) bond motifs is 2. The number of rotatable bonds is 2. The van der Waals surface area contributed by atoms with Crippen molar-refractivity contribution in [3.8, 4) is 0 Å². The van der Waals surface area contributed by atoms with Crippen LogP contribution in [-0.2, 0) is 4.74 Å². The van der Waals surface area contributed by atoms with Gasteiger partial charge in [-0.05, 0) is 53.0 Å². The van der Waals surface area contributed by atoms with Crippen molar-refractivity contribution in [3.63, 3.8) is 0 Å². The molecule has 2 fully saturated rings. The molecule has 0 unspecified atom stereocenters. The van der Waals surface area contributed by atoms with Crippen LogP contribution in [0.4, 0.5) is 4.79 Å². The molecule has 0 aromatic rings. The Morgan fingerprint density at radius 1 is 1.28 bits per heavy atom. The summed E-state index contributed by atoms with van der Waals surface area (Å²) in [5, 5.41) is 3.51. The second-order valence-corrected chi connectivity index (χ2v) is 6.50. The fourth-order valence-electron chi connectivity index (χ4n) is 3.25. The first kappa shape index (κ1) is 13.7. The van der Waals surface area contributed by atoms with Gasteiger partial charge < -0.3 is 15.0 Å². The smallest absolute Gasteiger partial charge is 0.410 e. The number of carbonyl (C=O) groups excluding carboxylic acids is 1. The van der Waals surface area contributed by atoms with E-state index in [2.05, 4.69) is 12.2 Å². The molecule has 0 saturated carbocycles. The second kappa shape index (κ2) is 5.08. The van der Waals surface area contributed by atoms with E-state index in [0.29, 0.717) is 18.1 Å². The first-order valence-electron chi connectivity index (χ1n) is 7.15. The van der Waals surface area contributed by atoms with Crippen LogP contribution in [0.2, 0.25) is 0 Å². The van der Waals surface area contributed by atoms with Gasteiger partial charge in [0.2, 0.25) is 0 Å². The third-order valence-corrected chi connectivity index (χ3v) is 3.83. The summed E-state index contributed by atoms with van der Waals surface area (Å²) in [7, 11) is 0. The maximum absolute atomic E-state index is 12.2. The lowest BCUT2D eigenvalue weighted by atomic mass is 9.98. The van der Waals surface area contributed by atoms with E-state index in [0.717, 1.165) is 32.2 Å². The van der Waals surface area contributed by atoms with E-state index in [1.807, 2.05) is 25.7 Å². The summed E-state index contributed by atoms with van der Waals surface area (Å²) in [6.45, 7) is 8.94. The molecule has 2 aliphatic heterocycles. The Bertz CT molecular complexity index is 297. The average molecular weight is 254 g/mol. The van der Waals surface area contributed by atoms with Crippen LogP contribution < -0.4 is 5.32 Å². The van der Waals surface area contributed by atoms with Crippen LogP contribution in [0.1, 0.15) is 53.4 Å². The molecule has 2 saturated heterocycles. The van der Waals surface area contributed by atoms with Gasteiger partial charge in [0.15, 0.2) is 0 Å². The van der Waals surface area contributed by atoms with Crippen molar-refractivity contribution in [2.75, 3.05) is 6.54 Å². The predicted molar refractivity (Wildman–Crippen MR) is 71.6 cm³/mol. The highest BCUT2D eigenvalue weighted by Crippen LogP contribution is 2.36. The van der Waals surface area contributed by atoms with Gasteiger partial charge in [0, 0.05) is 18.1 Å². The Morgan fingerprint density at radius 3 is 2.28 bits per heavy atom. The third kappa shape index (κ3) is 2.97. The number of nitrogens with one attached hydrogen (secondary N) is 1. The highest BCUT2D eigenvalue weighted by atomic mass is 16.6. The lowest BCUT2D eigenvalue weighted by Crippen LogP contribution is -2.52. The van der Waals surface area contributed by atoms with E-state index >= 15 is 0 Å². The van der Waals surface area contributed by atoms with Gasteiger partial charge in [0.25, 0.3) is 0 Å². The van der Waals surface area contributed by atoms with Crippen LogP contribution in [0.3, 0.4) is 0 Å². The summed E-state index contributed by atoms with van der Waals surface area (Å²) >= 11 is 0. The van der Waals surface area contributed by atoms with Crippen molar-refractivity contribution in [2.24, 2.45) is 0 Å². The molecule has 18 heavy (non-hydrogen) atoms. The number of amides is 1. The highest BCUT2D eigenvalue weighted by molar-refractivity contribution is 5.69. The number of nitrogens with zero attached hydrogens (tertiary/aromatic N) is 1. The van der Waals surface area contributed by atoms with Crippen molar-refractivity contribution >= 4 is 6.09 Å². The Morgan fingerprint density at radius 2 is 1.83 bits per heavy atom. The van der Waals surface area contributed by atoms with Gasteiger partial charge in [-0.1, -0.05) is 6.92 Å². The quantitative estimate of drug-likeness (QED) is 0.823. The molecule has 2 atom stereocenters. The lowest BCUT2D eigenvalue weighted by Gasteiger charge is -2.39. The van der Waals surface area contributed by atoms with Crippen molar-refractivity contribution in [2.45, 2.75) is 77.1 Å². The molecule has 2 aliphatic rings. The molecule has 0 radical (unpaired) electrons. The molecule has 1 N–H and O–H groups in total. The summed E-state index contributed by atoms with van der Waals surface area (Å²) in [6, 6.07) is 1.33. The van der Waals surface area contributed by atoms with E-state index in [9.17, 15) is 4.79 Å². The number of hydrogen-bond acceptors (Lipinski definition) is 3. The van der Waals surface area contributed by atoms with Crippen LogP contribution in [0.25, 0.3) is 0 Å². The molecule has 0 aliphatic carbocycles. The van der Waals surface area contributed by atoms with E-state index in [1.54, 1.807) is 0 Å². The number of piperidine rings is 1. The standard InChI is InChI=1S/C14H26N2O2/c1-5-15-10-8-11-6-7-12(9-10)16(11)13(17)18-14(2,3)4/h10-12,15H,5-9H2,1-4H3/t11-,12-/m1/s1. The third-order valence-electron chi connectivity index (χ3n) is 3.83. The minimum absolute atomic E-state index is 0.120. The molecule has 0 aromatic heterocycles. The molecular formula is C14H26N2O2. The van der Waals surface area contributed by atoms with Crippen LogP contribution >= 0.6 is 0 Å². The zero-order valence-electron chi connectivity index (χ0n) is 12.0. The van der Waals surface area contributed by atoms with E-state index in [4.69, 9.17) is 4.74 Å². The fraction of sp³-hybridized carbons (Fsp3) is 0.929. The number of carbonyl (C=O) groups is 1. The molecular weight excluding hydrogens is 228 g/mol. The van der Waals surface area contributed by atoms with Gasteiger partial charge >= 0.3 is 6.09 Å². The minimum Gasteiger partial charge on any atom is -0.444 e. The summed E-state index contributed by atoms with van der Waals surface area (Å²) in [4.78, 5) is 14.2. The molecule has 4 nitrogen and oxygen atoms in total. The molecule has 2 heterocycles. The zero-order valence-corrected chi connectivity index (χ0v) is 12.0. The molecule has 2 rings (SSSR count). The van der Waals surface area contributed by atoms with Gasteiger partial charge in [-0.15, -0.1) is 0 Å². The largest absolute Gasteiger partial charge is 0.444 e. The van der Waals surface area contributed by atoms with Gasteiger partial charge in [-0.25, -0.2) is 4.79 Å². The molecule has 4 heteroatoms. The Balaban J connectivity index is 1.98. The van der Waals surface area contributed by atoms with E-state index < -0.39 is 5.60 Å². The normalized spacial score (nSPS) is 31.6. The fourth-order valence-corrected chi connectivity index (χ4v) is 3.25. The molecule has 0 spiro atoms. The predicted octanol–water partition coefficient (Wildman–Crippen LogP) is 2.53. The van der Waals surface area contributed by atoms with E-state index in [-0.39, 0.29) is 6.09 Å². The molecule has 1 amide bonds. The van der Waals surface area contributed by atoms with Crippen molar-refractivity contribution in [1.29, 1.82) is 0 Å². The molecule has 104 valence electrons.